The number of hydrogen-bond donors (Lipinski definition) is 2. The van der Waals surface area contributed by atoms with Crippen molar-refractivity contribution < 1.29 is 8.42 Å². The molecule has 1 aromatic heterocycles. The third-order valence-electron chi connectivity index (χ3n) is 2.33. The van der Waals surface area contributed by atoms with Crippen molar-refractivity contribution in [3.63, 3.8) is 0 Å². The summed E-state index contributed by atoms with van der Waals surface area (Å²) < 4.78 is 26.9. The van der Waals surface area contributed by atoms with Crippen LogP contribution in [0.15, 0.2) is 15.7 Å². The van der Waals surface area contributed by atoms with Gasteiger partial charge in [-0.1, -0.05) is 20.8 Å². The molecule has 0 atom stereocenters. The van der Waals surface area contributed by atoms with Gasteiger partial charge in [-0.2, -0.15) is 0 Å². The van der Waals surface area contributed by atoms with Crippen molar-refractivity contribution in [1.29, 1.82) is 0 Å². The predicted molar refractivity (Wildman–Crippen MR) is 76.3 cm³/mol. The van der Waals surface area contributed by atoms with Crippen LogP contribution in [0, 0.1) is 5.92 Å². The molecule has 0 amide bonds. The lowest BCUT2D eigenvalue weighted by atomic mass is 10.2. The maximum Gasteiger partial charge on any atom is 0.250 e. The van der Waals surface area contributed by atoms with Crippen LogP contribution in [-0.2, 0) is 16.6 Å². The number of thiophene rings is 1. The second-order valence-corrected chi connectivity index (χ2v) is 7.60. The van der Waals surface area contributed by atoms with Crippen molar-refractivity contribution in [1.82, 2.24) is 10.0 Å². The van der Waals surface area contributed by atoms with Crippen LogP contribution in [-0.4, -0.2) is 21.5 Å². The van der Waals surface area contributed by atoms with E-state index < -0.39 is 10.0 Å². The van der Waals surface area contributed by atoms with E-state index in [9.17, 15) is 8.42 Å². The van der Waals surface area contributed by atoms with Gasteiger partial charge in [-0.3, -0.25) is 0 Å². The molecule has 0 saturated heterocycles. The fraction of sp³-hybridized carbons (Fsp3) is 0.667. The Balaban J connectivity index is 2.60. The number of hydrogen-bond acceptors (Lipinski definition) is 4. The Kier molecular flexibility index (Phi) is 6.28. The summed E-state index contributed by atoms with van der Waals surface area (Å²) in [6.45, 7) is 8.22. The number of rotatable bonds is 8. The molecule has 0 saturated carbocycles. The quantitative estimate of drug-likeness (QED) is 0.722. The average Bonchev–Trinajstić information content (AvgIpc) is 2.76. The van der Waals surface area contributed by atoms with E-state index >= 15 is 0 Å². The molecule has 0 aliphatic carbocycles. The Morgan fingerprint density at radius 2 is 2.11 bits per heavy atom. The summed E-state index contributed by atoms with van der Waals surface area (Å²) in [7, 11) is -3.32. The molecule has 4 nitrogen and oxygen atoms in total. The molecule has 0 aliphatic rings. The average molecular weight is 290 g/mol. The maximum atomic E-state index is 12.0. The van der Waals surface area contributed by atoms with E-state index in [-0.39, 0.29) is 0 Å². The van der Waals surface area contributed by atoms with Gasteiger partial charge in [-0.05, 0) is 35.9 Å². The summed E-state index contributed by atoms with van der Waals surface area (Å²) in [6.07, 6.45) is 1.07. The normalized spacial score (nSPS) is 12.2. The van der Waals surface area contributed by atoms with Gasteiger partial charge < -0.3 is 5.32 Å². The van der Waals surface area contributed by atoms with Gasteiger partial charge in [-0.25, -0.2) is 13.1 Å². The van der Waals surface area contributed by atoms with Gasteiger partial charge in [-0.15, -0.1) is 11.3 Å². The summed E-state index contributed by atoms with van der Waals surface area (Å²) in [5.41, 5.74) is 1.03. The van der Waals surface area contributed by atoms with Gasteiger partial charge in [0.25, 0.3) is 0 Å². The zero-order chi connectivity index (χ0) is 13.6. The molecular formula is C12H22N2O2S2. The van der Waals surface area contributed by atoms with E-state index in [2.05, 4.69) is 17.0 Å². The Bertz CT molecular complexity index is 452. The molecule has 0 aliphatic heterocycles. The van der Waals surface area contributed by atoms with Gasteiger partial charge in [0.1, 0.15) is 4.21 Å². The smallest absolute Gasteiger partial charge is 0.250 e. The molecule has 0 unspecified atom stereocenters. The molecule has 1 heterocycles. The number of sulfonamides is 1. The van der Waals surface area contributed by atoms with Crippen molar-refractivity contribution in [3.05, 3.63) is 17.0 Å². The van der Waals surface area contributed by atoms with E-state index in [1.807, 2.05) is 19.2 Å². The molecule has 0 spiro atoms. The molecule has 104 valence electrons. The van der Waals surface area contributed by atoms with Crippen molar-refractivity contribution in [2.24, 2.45) is 5.92 Å². The van der Waals surface area contributed by atoms with E-state index in [1.165, 1.54) is 11.3 Å². The summed E-state index contributed by atoms with van der Waals surface area (Å²) in [4.78, 5) is 0. The Morgan fingerprint density at radius 3 is 2.72 bits per heavy atom. The Hall–Kier alpha value is -0.430. The fourth-order valence-corrected chi connectivity index (χ4v) is 3.81. The van der Waals surface area contributed by atoms with Crippen LogP contribution in [0.4, 0.5) is 0 Å². The zero-order valence-electron chi connectivity index (χ0n) is 11.2. The molecule has 0 aromatic carbocycles. The van der Waals surface area contributed by atoms with Crippen molar-refractivity contribution in [2.45, 2.75) is 37.9 Å². The molecule has 1 rings (SSSR count). The van der Waals surface area contributed by atoms with E-state index in [0.717, 1.165) is 25.1 Å². The largest absolute Gasteiger partial charge is 0.313 e. The van der Waals surface area contributed by atoms with Gasteiger partial charge in [0.05, 0.1) is 0 Å². The van der Waals surface area contributed by atoms with Crippen molar-refractivity contribution >= 4 is 21.4 Å². The summed E-state index contributed by atoms with van der Waals surface area (Å²) in [6, 6.07) is 1.75. The highest BCUT2D eigenvalue weighted by Gasteiger charge is 2.16. The maximum absolute atomic E-state index is 12.0. The lowest BCUT2D eigenvalue weighted by Crippen LogP contribution is -2.26. The molecule has 0 bridgehead atoms. The Morgan fingerprint density at radius 1 is 1.39 bits per heavy atom. The molecule has 0 radical (unpaired) electrons. The SMILES string of the molecule is CCCNCc1csc(S(=O)(=O)NCC(C)C)c1. The first kappa shape index (κ1) is 15.6. The van der Waals surface area contributed by atoms with Crippen LogP contribution in [0.25, 0.3) is 0 Å². The minimum atomic E-state index is -3.32. The third kappa shape index (κ3) is 5.06. The molecule has 6 heteroatoms. The standard InChI is InChI=1S/C12H22N2O2S2/c1-4-5-13-8-11-6-12(17-9-11)18(15,16)14-7-10(2)3/h6,9-10,13-14H,4-5,7-8H2,1-3H3. The van der Waals surface area contributed by atoms with Gasteiger partial charge >= 0.3 is 0 Å². The minimum Gasteiger partial charge on any atom is -0.313 e. The van der Waals surface area contributed by atoms with Crippen LogP contribution >= 0.6 is 11.3 Å². The fourth-order valence-electron chi connectivity index (χ4n) is 1.34. The van der Waals surface area contributed by atoms with Crippen molar-refractivity contribution in [2.75, 3.05) is 13.1 Å². The first-order chi connectivity index (χ1) is 8.45. The van der Waals surface area contributed by atoms with Crippen LogP contribution in [0.3, 0.4) is 0 Å². The lowest BCUT2D eigenvalue weighted by Gasteiger charge is -2.06. The monoisotopic (exact) mass is 290 g/mol. The topological polar surface area (TPSA) is 58.2 Å². The second kappa shape index (κ2) is 7.23. The lowest BCUT2D eigenvalue weighted by molar-refractivity contribution is 0.562. The zero-order valence-corrected chi connectivity index (χ0v) is 12.8. The third-order valence-corrected chi connectivity index (χ3v) is 5.24. The van der Waals surface area contributed by atoms with Crippen LogP contribution < -0.4 is 10.0 Å². The van der Waals surface area contributed by atoms with Gasteiger partial charge in [0, 0.05) is 13.1 Å². The van der Waals surface area contributed by atoms with Gasteiger partial charge in [0.2, 0.25) is 10.0 Å². The first-order valence-electron chi connectivity index (χ1n) is 6.23. The summed E-state index contributed by atoms with van der Waals surface area (Å²) >= 11 is 1.28. The second-order valence-electron chi connectivity index (χ2n) is 4.70. The Labute approximate surface area is 114 Å². The van der Waals surface area contributed by atoms with E-state index in [4.69, 9.17) is 0 Å². The summed E-state index contributed by atoms with van der Waals surface area (Å²) in [5.74, 6) is 0.311. The highest BCUT2D eigenvalue weighted by molar-refractivity contribution is 7.91. The molecular weight excluding hydrogens is 268 g/mol. The molecule has 0 fully saturated rings. The first-order valence-corrected chi connectivity index (χ1v) is 8.59. The predicted octanol–water partition coefficient (Wildman–Crippen LogP) is 2.18. The highest BCUT2D eigenvalue weighted by Crippen LogP contribution is 2.20. The van der Waals surface area contributed by atoms with E-state index in [0.29, 0.717) is 16.7 Å². The summed E-state index contributed by atoms with van der Waals surface area (Å²) in [5, 5.41) is 5.15. The van der Waals surface area contributed by atoms with E-state index in [1.54, 1.807) is 6.07 Å². The molecule has 2 N–H and O–H groups in total. The highest BCUT2D eigenvalue weighted by atomic mass is 32.2. The van der Waals surface area contributed by atoms with Crippen LogP contribution in [0.5, 0.6) is 0 Å². The molecule has 1 aromatic rings. The van der Waals surface area contributed by atoms with Crippen LogP contribution in [0.2, 0.25) is 0 Å². The van der Waals surface area contributed by atoms with Crippen molar-refractivity contribution in [3.8, 4) is 0 Å². The molecule has 18 heavy (non-hydrogen) atoms. The minimum absolute atomic E-state index is 0.311. The van der Waals surface area contributed by atoms with Crippen LogP contribution in [0.1, 0.15) is 32.8 Å². The van der Waals surface area contributed by atoms with Gasteiger partial charge in [0.15, 0.2) is 0 Å². The number of nitrogens with one attached hydrogen (secondary N) is 2.